The Hall–Kier alpha value is -3.32. The monoisotopic (exact) mass is 396 g/mol. The van der Waals surface area contributed by atoms with Gasteiger partial charge in [-0.25, -0.2) is 0 Å². The molecule has 7 nitrogen and oxygen atoms in total. The van der Waals surface area contributed by atoms with Crippen molar-refractivity contribution in [1.82, 2.24) is 10.2 Å². The molecule has 0 aromatic heterocycles. The Morgan fingerprint density at radius 1 is 1.00 bits per heavy atom. The Labute approximate surface area is 170 Å². The van der Waals surface area contributed by atoms with Crippen LogP contribution in [0, 0.1) is 0 Å². The van der Waals surface area contributed by atoms with Crippen molar-refractivity contribution in [2.45, 2.75) is 0 Å². The number of ether oxygens (including phenoxy) is 2. The third kappa shape index (κ3) is 5.14. The van der Waals surface area contributed by atoms with Gasteiger partial charge in [-0.15, -0.1) is 0 Å². The van der Waals surface area contributed by atoms with Gasteiger partial charge in [0.2, 0.25) is 0 Å². The molecule has 2 aromatic carbocycles. The first kappa shape index (κ1) is 20.4. The highest BCUT2D eigenvalue weighted by Gasteiger charge is 2.23. The van der Waals surface area contributed by atoms with E-state index in [1.165, 1.54) is 0 Å². The zero-order valence-electron chi connectivity index (χ0n) is 16.7. The highest BCUT2D eigenvalue weighted by molar-refractivity contribution is 6.05. The maximum absolute atomic E-state index is 13.1. The molecule has 29 heavy (non-hydrogen) atoms. The van der Waals surface area contributed by atoms with Gasteiger partial charge in [-0.2, -0.15) is 0 Å². The summed E-state index contributed by atoms with van der Waals surface area (Å²) in [7, 11) is 3.12. The molecule has 1 aliphatic heterocycles. The quantitative estimate of drug-likeness (QED) is 0.710. The number of quaternary nitrogens is 1. The molecule has 1 fully saturated rings. The molecule has 0 spiro atoms. The van der Waals surface area contributed by atoms with Crippen molar-refractivity contribution in [2.75, 3.05) is 40.4 Å². The van der Waals surface area contributed by atoms with Crippen LogP contribution in [0.3, 0.4) is 0 Å². The lowest BCUT2D eigenvalue weighted by Crippen LogP contribution is -2.90. The van der Waals surface area contributed by atoms with E-state index in [1.807, 2.05) is 12.1 Å². The van der Waals surface area contributed by atoms with Crippen molar-refractivity contribution >= 4 is 17.9 Å². The highest BCUT2D eigenvalue weighted by atomic mass is 16.5. The maximum atomic E-state index is 13.1. The third-order valence-electron chi connectivity index (χ3n) is 4.73. The SMILES string of the molecule is COc1ccc(/C=C(/NC(=O)c2ccccc2)C(=O)N2CC[NH2+]CC2)cc1OC. The van der Waals surface area contributed by atoms with Crippen LogP contribution in [0.4, 0.5) is 0 Å². The van der Waals surface area contributed by atoms with Gasteiger partial charge in [-0.05, 0) is 35.9 Å². The van der Waals surface area contributed by atoms with Crippen LogP contribution >= 0.6 is 0 Å². The molecule has 1 aliphatic rings. The zero-order valence-corrected chi connectivity index (χ0v) is 16.7. The standard InChI is InChI=1S/C22H25N3O4/c1-28-19-9-8-16(15-20(19)29-2)14-18(22(27)25-12-10-23-11-13-25)24-21(26)17-6-4-3-5-7-17/h3-9,14-15,23H,10-13H2,1-2H3,(H,24,26)/p+1/b18-14+. The lowest BCUT2D eigenvalue weighted by Gasteiger charge is -2.26. The minimum atomic E-state index is -0.325. The Balaban J connectivity index is 1.92. The summed E-state index contributed by atoms with van der Waals surface area (Å²) in [6, 6.07) is 14.2. The number of nitrogens with one attached hydrogen (secondary N) is 1. The van der Waals surface area contributed by atoms with Gasteiger partial charge in [0.25, 0.3) is 11.8 Å². The molecule has 3 rings (SSSR count). The van der Waals surface area contributed by atoms with E-state index in [1.54, 1.807) is 61.6 Å². The third-order valence-corrected chi connectivity index (χ3v) is 4.73. The molecule has 1 saturated heterocycles. The van der Waals surface area contributed by atoms with Crippen molar-refractivity contribution < 1.29 is 24.4 Å². The molecule has 2 amide bonds. The fraction of sp³-hybridized carbons (Fsp3) is 0.273. The average Bonchev–Trinajstić information content (AvgIpc) is 2.79. The van der Waals surface area contributed by atoms with Gasteiger partial charge in [-0.3, -0.25) is 9.59 Å². The number of hydrogen-bond donors (Lipinski definition) is 2. The van der Waals surface area contributed by atoms with Gasteiger partial charge >= 0.3 is 0 Å². The lowest BCUT2D eigenvalue weighted by atomic mass is 10.1. The Kier molecular flexibility index (Phi) is 6.86. The number of benzene rings is 2. The molecule has 2 aromatic rings. The predicted molar refractivity (Wildman–Crippen MR) is 110 cm³/mol. The number of rotatable bonds is 6. The van der Waals surface area contributed by atoms with E-state index in [-0.39, 0.29) is 17.5 Å². The molecule has 0 radical (unpaired) electrons. The van der Waals surface area contributed by atoms with Gasteiger partial charge in [0.05, 0.1) is 40.4 Å². The molecule has 0 aliphatic carbocycles. The number of carbonyl (C=O) groups is 2. The smallest absolute Gasteiger partial charge is 0.270 e. The summed E-state index contributed by atoms with van der Waals surface area (Å²) in [5.41, 5.74) is 1.45. The number of hydrogen-bond acceptors (Lipinski definition) is 4. The summed E-state index contributed by atoms with van der Waals surface area (Å²) in [5.74, 6) is 0.624. The van der Waals surface area contributed by atoms with Crippen LogP contribution in [0.25, 0.3) is 6.08 Å². The number of piperazine rings is 1. The first-order valence-electron chi connectivity index (χ1n) is 9.53. The second-order valence-corrected chi connectivity index (χ2v) is 6.65. The van der Waals surface area contributed by atoms with E-state index < -0.39 is 0 Å². The lowest BCUT2D eigenvalue weighted by molar-refractivity contribution is -0.662. The van der Waals surface area contributed by atoms with Crippen LogP contribution in [0.1, 0.15) is 15.9 Å². The molecular formula is C22H26N3O4+. The van der Waals surface area contributed by atoms with Crippen molar-refractivity contribution in [2.24, 2.45) is 0 Å². The molecule has 1 heterocycles. The molecule has 7 heteroatoms. The summed E-state index contributed by atoms with van der Waals surface area (Å²) in [5, 5.41) is 4.96. The summed E-state index contributed by atoms with van der Waals surface area (Å²) >= 11 is 0. The van der Waals surface area contributed by atoms with E-state index in [9.17, 15) is 9.59 Å². The molecule has 0 unspecified atom stereocenters. The molecule has 0 atom stereocenters. The zero-order chi connectivity index (χ0) is 20.6. The van der Waals surface area contributed by atoms with Gasteiger partial charge in [0.15, 0.2) is 11.5 Å². The van der Waals surface area contributed by atoms with Gasteiger partial charge in [0, 0.05) is 5.56 Å². The van der Waals surface area contributed by atoms with E-state index in [0.29, 0.717) is 30.2 Å². The second-order valence-electron chi connectivity index (χ2n) is 6.65. The van der Waals surface area contributed by atoms with E-state index in [0.717, 1.165) is 18.7 Å². The van der Waals surface area contributed by atoms with Crippen LogP contribution in [-0.4, -0.2) is 57.1 Å². The van der Waals surface area contributed by atoms with Gasteiger partial charge in [-0.1, -0.05) is 24.3 Å². The normalized spacial score (nSPS) is 14.3. The minimum Gasteiger partial charge on any atom is -0.493 e. The fourth-order valence-electron chi connectivity index (χ4n) is 3.17. The van der Waals surface area contributed by atoms with Gasteiger partial charge in [0.1, 0.15) is 5.70 Å². The van der Waals surface area contributed by atoms with Crippen molar-refractivity contribution in [3.8, 4) is 11.5 Å². The number of methoxy groups -OCH3 is 2. The Morgan fingerprint density at radius 2 is 1.69 bits per heavy atom. The molecule has 0 bridgehead atoms. The molecular weight excluding hydrogens is 370 g/mol. The van der Waals surface area contributed by atoms with Crippen LogP contribution in [0.2, 0.25) is 0 Å². The van der Waals surface area contributed by atoms with Gasteiger partial charge < -0.3 is 25.0 Å². The summed E-state index contributed by atoms with van der Waals surface area (Å²) in [4.78, 5) is 27.6. The fourth-order valence-corrected chi connectivity index (χ4v) is 3.17. The topological polar surface area (TPSA) is 84.5 Å². The second kappa shape index (κ2) is 9.75. The molecule has 152 valence electrons. The number of nitrogens with zero attached hydrogens (tertiary/aromatic N) is 1. The first-order chi connectivity index (χ1) is 14.1. The largest absolute Gasteiger partial charge is 0.493 e. The summed E-state index contributed by atoms with van der Waals surface area (Å²) in [6.07, 6.45) is 1.67. The van der Waals surface area contributed by atoms with Crippen molar-refractivity contribution in [3.63, 3.8) is 0 Å². The molecule has 3 N–H and O–H groups in total. The first-order valence-corrected chi connectivity index (χ1v) is 9.53. The number of carbonyl (C=O) groups excluding carboxylic acids is 2. The Bertz CT molecular complexity index is 890. The van der Waals surface area contributed by atoms with Crippen molar-refractivity contribution in [1.29, 1.82) is 0 Å². The number of nitrogens with two attached hydrogens (primary N) is 1. The summed E-state index contributed by atoms with van der Waals surface area (Å²) < 4.78 is 10.6. The van der Waals surface area contributed by atoms with Crippen LogP contribution in [0.15, 0.2) is 54.2 Å². The molecule has 0 saturated carbocycles. The van der Waals surface area contributed by atoms with E-state index in [2.05, 4.69) is 10.6 Å². The number of amides is 2. The predicted octanol–water partition coefficient (Wildman–Crippen LogP) is 0.880. The summed E-state index contributed by atoms with van der Waals surface area (Å²) in [6.45, 7) is 2.98. The highest BCUT2D eigenvalue weighted by Crippen LogP contribution is 2.28. The van der Waals surface area contributed by atoms with Crippen LogP contribution in [-0.2, 0) is 4.79 Å². The van der Waals surface area contributed by atoms with E-state index >= 15 is 0 Å². The van der Waals surface area contributed by atoms with E-state index in [4.69, 9.17) is 9.47 Å². The van der Waals surface area contributed by atoms with Crippen molar-refractivity contribution in [3.05, 3.63) is 65.4 Å². The average molecular weight is 396 g/mol. The minimum absolute atomic E-state index is 0.197. The maximum Gasteiger partial charge on any atom is 0.270 e. The van der Waals surface area contributed by atoms with Crippen LogP contribution < -0.4 is 20.1 Å². The Morgan fingerprint density at radius 3 is 2.34 bits per heavy atom. The van der Waals surface area contributed by atoms with Crippen LogP contribution in [0.5, 0.6) is 11.5 Å².